The zero-order valence-corrected chi connectivity index (χ0v) is 14.1. The van der Waals surface area contributed by atoms with E-state index in [9.17, 15) is 4.39 Å². The van der Waals surface area contributed by atoms with Crippen molar-refractivity contribution in [2.75, 3.05) is 0 Å². The van der Waals surface area contributed by atoms with E-state index in [4.69, 9.17) is 0 Å². The highest BCUT2D eigenvalue weighted by Crippen LogP contribution is 2.33. The molecule has 0 aromatic heterocycles. The number of rotatable bonds is 6. The fourth-order valence-corrected chi connectivity index (χ4v) is 3.31. The van der Waals surface area contributed by atoms with Crippen LogP contribution in [0.3, 0.4) is 0 Å². The Balaban J connectivity index is 1.87. The van der Waals surface area contributed by atoms with Gasteiger partial charge in [-0.1, -0.05) is 79.7 Å². The van der Waals surface area contributed by atoms with Gasteiger partial charge in [0, 0.05) is 0 Å². The van der Waals surface area contributed by atoms with Gasteiger partial charge >= 0.3 is 0 Å². The molecular weight excluding hydrogens is 295 g/mol. The average molecular weight is 318 g/mol. The standard InChI is InChI=1S/C23H23F/c1-23(18-20-11-6-3-7-12-20,21-13-8-14-22(24)17-21)16-15-19-9-4-2-5-10-19/h2-14,17H,15-16,18H2,1H3. The molecule has 1 unspecified atom stereocenters. The van der Waals surface area contributed by atoms with E-state index in [0.717, 1.165) is 24.8 Å². The van der Waals surface area contributed by atoms with Gasteiger partial charge in [-0.3, -0.25) is 0 Å². The number of halogens is 1. The van der Waals surface area contributed by atoms with Crippen molar-refractivity contribution < 1.29 is 4.39 Å². The highest BCUT2D eigenvalue weighted by atomic mass is 19.1. The molecule has 0 aliphatic rings. The molecule has 0 aliphatic heterocycles. The summed E-state index contributed by atoms with van der Waals surface area (Å²) in [6.07, 6.45) is 2.88. The van der Waals surface area contributed by atoms with Crippen molar-refractivity contribution in [2.24, 2.45) is 0 Å². The Morgan fingerprint density at radius 1 is 0.750 bits per heavy atom. The van der Waals surface area contributed by atoms with E-state index in [1.54, 1.807) is 6.07 Å². The van der Waals surface area contributed by atoms with Gasteiger partial charge in [0.15, 0.2) is 0 Å². The molecular formula is C23H23F. The van der Waals surface area contributed by atoms with E-state index in [1.807, 2.05) is 18.2 Å². The molecule has 0 saturated carbocycles. The van der Waals surface area contributed by atoms with Crippen LogP contribution in [-0.4, -0.2) is 0 Å². The highest BCUT2D eigenvalue weighted by Gasteiger charge is 2.27. The van der Waals surface area contributed by atoms with Crippen LogP contribution < -0.4 is 0 Å². The molecule has 0 amide bonds. The summed E-state index contributed by atoms with van der Waals surface area (Å²) >= 11 is 0. The van der Waals surface area contributed by atoms with Crippen LogP contribution in [-0.2, 0) is 18.3 Å². The molecule has 3 aromatic carbocycles. The van der Waals surface area contributed by atoms with E-state index >= 15 is 0 Å². The monoisotopic (exact) mass is 318 g/mol. The first kappa shape index (κ1) is 16.4. The third-order valence-electron chi connectivity index (χ3n) is 4.77. The van der Waals surface area contributed by atoms with Gasteiger partial charge in [-0.2, -0.15) is 0 Å². The Hall–Kier alpha value is -2.41. The van der Waals surface area contributed by atoms with Crippen LogP contribution in [0.5, 0.6) is 0 Å². The summed E-state index contributed by atoms with van der Waals surface area (Å²) in [7, 11) is 0. The molecule has 0 nitrogen and oxygen atoms in total. The third-order valence-corrected chi connectivity index (χ3v) is 4.77. The molecule has 0 spiro atoms. The first-order valence-corrected chi connectivity index (χ1v) is 8.50. The van der Waals surface area contributed by atoms with Crippen molar-refractivity contribution >= 4 is 0 Å². The van der Waals surface area contributed by atoms with Crippen LogP contribution >= 0.6 is 0 Å². The Bertz CT molecular complexity index is 764. The van der Waals surface area contributed by atoms with Crippen LogP contribution in [0, 0.1) is 5.82 Å². The fraction of sp³-hybridized carbons (Fsp3) is 0.217. The van der Waals surface area contributed by atoms with E-state index in [1.165, 1.54) is 17.2 Å². The summed E-state index contributed by atoms with van der Waals surface area (Å²) in [4.78, 5) is 0. The van der Waals surface area contributed by atoms with Gasteiger partial charge in [0.2, 0.25) is 0 Å². The second kappa shape index (κ2) is 7.44. The summed E-state index contributed by atoms with van der Waals surface area (Å²) in [5, 5.41) is 0. The van der Waals surface area contributed by atoms with E-state index < -0.39 is 0 Å². The summed E-state index contributed by atoms with van der Waals surface area (Å²) < 4.78 is 13.8. The predicted octanol–water partition coefficient (Wildman–Crippen LogP) is 5.96. The van der Waals surface area contributed by atoms with Crippen LogP contribution in [0.1, 0.15) is 30.0 Å². The molecule has 0 saturated heterocycles. The molecule has 0 radical (unpaired) electrons. The lowest BCUT2D eigenvalue weighted by molar-refractivity contribution is 0.428. The van der Waals surface area contributed by atoms with Gasteiger partial charge in [0.05, 0.1) is 0 Å². The van der Waals surface area contributed by atoms with Crippen LogP contribution in [0.25, 0.3) is 0 Å². The predicted molar refractivity (Wildman–Crippen MR) is 98.7 cm³/mol. The minimum atomic E-state index is -0.161. The van der Waals surface area contributed by atoms with Crippen molar-refractivity contribution in [3.63, 3.8) is 0 Å². The molecule has 122 valence electrons. The van der Waals surface area contributed by atoms with Gasteiger partial charge in [-0.25, -0.2) is 4.39 Å². The first-order chi connectivity index (χ1) is 11.7. The van der Waals surface area contributed by atoms with Crippen LogP contribution in [0.15, 0.2) is 84.9 Å². The maximum Gasteiger partial charge on any atom is 0.123 e. The Morgan fingerprint density at radius 2 is 1.38 bits per heavy atom. The summed E-state index contributed by atoms with van der Waals surface area (Å²) in [5.74, 6) is -0.161. The zero-order chi connectivity index (χ0) is 16.8. The molecule has 3 rings (SSSR count). The summed E-state index contributed by atoms with van der Waals surface area (Å²) in [6.45, 7) is 2.25. The van der Waals surface area contributed by atoms with Crippen LogP contribution in [0.4, 0.5) is 4.39 Å². The van der Waals surface area contributed by atoms with Gasteiger partial charge in [0.1, 0.15) is 5.82 Å². The lowest BCUT2D eigenvalue weighted by atomic mass is 9.73. The largest absolute Gasteiger partial charge is 0.207 e. The molecule has 1 heteroatoms. The molecule has 0 aliphatic carbocycles. The third kappa shape index (κ3) is 4.11. The van der Waals surface area contributed by atoms with E-state index in [0.29, 0.717) is 0 Å². The topological polar surface area (TPSA) is 0 Å². The SMILES string of the molecule is CC(CCc1ccccc1)(Cc1ccccc1)c1cccc(F)c1. The number of aryl methyl sites for hydroxylation is 1. The van der Waals surface area contributed by atoms with Crippen molar-refractivity contribution in [1.29, 1.82) is 0 Å². The maximum absolute atomic E-state index is 13.8. The van der Waals surface area contributed by atoms with Crippen molar-refractivity contribution in [3.8, 4) is 0 Å². The fourth-order valence-electron chi connectivity index (χ4n) is 3.31. The Labute approximate surface area is 144 Å². The maximum atomic E-state index is 13.8. The zero-order valence-electron chi connectivity index (χ0n) is 14.1. The smallest absolute Gasteiger partial charge is 0.123 e. The van der Waals surface area contributed by atoms with E-state index in [-0.39, 0.29) is 11.2 Å². The second-order valence-electron chi connectivity index (χ2n) is 6.72. The number of hydrogen-bond acceptors (Lipinski definition) is 0. The average Bonchev–Trinajstić information content (AvgIpc) is 2.62. The number of hydrogen-bond donors (Lipinski definition) is 0. The van der Waals surface area contributed by atoms with Gasteiger partial charge in [-0.05, 0) is 53.5 Å². The molecule has 0 N–H and O–H groups in total. The molecule has 0 heterocycles. The summed E-state index contributed by atoms with van der Waals surface area (Å²) in [6, 6.07) is 28.1. The quantitative estimate of drug-likeness (QED) is 0.526. The molecule has 3 aromatic rings. The van der Waals surface area contributed by atoms with E-state index in [2.05, 4.69) is 61.5 Å². The first-order valence-electron chi connectivity index (χ1n) is 8.50. The summed E-state index contributed by atoms with van der Waals surface area (Å²) in [5.41, 5.74) is 3.59. The van der Waals surface area contributed by atoms with Crippen molar-refractivity contribution in [2.45, 2.75) is 31.6 Å². The minimum Gasteiger partial charge on any atom is -0.207 e. The lowest BCUT2D eigenvalue weighted by Crippen LogP contribution is -2.26. The minimum absolute atomic E-state index is 0.0979. The lowest BCUT2D eigenvalue weighted by Gasteiger charge is -2.31. The van der Waals surface area contributed by atoms with Crippen molar-refractivity contribution in [1.82, 2.24) is 0 Å². The van der Waals surface area contributed by atoms with Gasteiger partial charge < -0.3 is 0 Å². The molecule has 0 bridgehead atoms. The molecule has 1 atom stereocenters. The van der Waals surface area contributed by atoms with Gasteiger partial charge in [0.25, 0.3) is 0 Å². The normalized spacial score (nSPS) is 13.4. The van der Waals surface area contributed by atoms with Gasteiger partial charge in [-0.15, -0.1) is 0 Å². The second-order valence-corrected chi connectivity index (χ2v) is 6.72. The molecule has 24 heavy (non-hydrogen) atoms. The Kier molecular flexibility index (Phi) is 5.10. The highest BCUT2D eigenvalue weighted by molar-refractivity contribution is 5.30. The van der Waals surface area contributed by atoms with Crippen LogP contribution in [0.2, 0.25) is 0 Å². The Morgan fingerprint density at radius 3 is 2.00 bits per heavy atom. The number of benzene rings is 3. The molecule has 0 fully saturated rings. The van der Waals surface area contributed by atoms with Crippen molar-refractivity contribution in [3.05, 3.63) is 107 Å².